The van der Waals surface area contributed by atoms with Gasteiger partial charge < -0.3 is 9.67 Å². The molecule has 0 radical (unpaired) electrons. The summed E-state index contributed by atoms with van der Waals surface area (Å²) < 4.78 is 28.4. The molecule has 1 aromatic heterocycles. The zero-order valence-corrected chi connectivity index (χ0v) is 13.5. The first-order valence-corrected chi connectivity index (χ1v) is 8.49. The zero-order chi connectivity index (χ0) is 17.0. The van der Waals surface area contributed by atoms with Crippen molar-refractivity contribution in [1.82, 2.24) is 9.29 Å². The number of carboxylic acid groups (broad SMARTS) is 1. The molecule has 0 atom stereocenters. The van der Waals surface area contributed by atoms with Crippen LogP contribution >= 0.6 is 0 Å². The van der Waals surface area contributed by atoms with Crippen LogP contribution in [0, 0.1) is 0 Å². The highest BCUT2D eigenvalue weighted by molar-refractivity contribution is 7.89. The van der Waals surface area contributed by atoms with Crippen molar-refractivity contribution in [3.8, 4) is 0 Å². The molecule has 0 unspecified atom stereocenters. The minimum Gasteiger partial charge on any atom is -0.477 e. The van der Waals surface area contributed by atoms with Gasteiger partial charge in [-0.3, -0.25) is 0 Å². The van der Waals surface area contributed by atoms with Gasteiger partial charge in [0.25, 0.3) is 0 Å². The molecule has 1 heterocycles. The summed E-state index contributed by atoms with van der Waals surface area (Å²) in [5.74, 6) is -1.16. The fourth-order valence-corrected chi connectivity index (χ4v) is 3.18. The lowest BCUT2D eigenvalue weighted by atomic mass is 10.1. The Morgan fingerprint density at radius 3 is 2.48 bits per heavy atom. The summed E-state index contributed by atoms with van der Waals surface area (Å²) >= 11 is 0. The molecule has 0 amide bonds. The van der Waals surface area contributed by atoms with E-state index in [2.05, 4.69) is 11.3 Å². The summed E-state index contributed by atoms with van der Waals surface area (Å²) in [7, 11) is -3.80. The fraction of sp³-hybridized carbons (Fsp3) is 0.188. The van der Waals surface area contributed by atoms with Crippen LogP contribution < -0.4 is 4.72 Å². The Kier molecular flexibility index (Phi) is 5.02. The van der Waals surface area contributed by atoms with E-state index >= 15 is 0 Å². The number of carboxylic acids is 1. The van der Waals surface area contributed by atoms with Crippen molar-refractivity contribution in [2.45, 2.75) is 18.4 Å². The molecule has 2 aromatic rings. The maximum absolute atomic E-state index is 12.3. The third-order valence-corrected chi connectivity index (χ3v) is 4.77. The molecule has 6 nitrogen and oxygen atoms in total. The van der Waals surface area contributed by atoms with Crippen LogP contribution in [0.2, 0.25) is 0 Å². The Labute approximate surface area is 135 Å². The zero-order valence-electron chi connectivity index (χ0n) is 12.7. The standard InChI is InChI=1S/C16H18N2O4S/c1-3-18-11-14(9-15(18)16(19)20)23(21,22)17-10-12(2)13-7-5-4-6-8-13/h4-9,11,17H,2-3,10H2,1H3,(H,19,20). The van der Waals surface area contributed by atoms with E-state index in [1.807, 2.05) is 30.3 Å². The average molecular weight is 334 g/mol. The smallest absolute Gasteiger partial charge is 0.352 e. The van der Waals surface area contributed by atoms with Crippen LogP contribution in [0.15, 0.2) is 54.1 Å². The molecule has 23 heavy (non-hydrogen) atoms. The molecule has 0 fully saturated rings. The number of nitrogens with one attached hydrogen (secondary N) is 1. The largest absolute Gasteiger partial charge is 0.477 e. The van der Waals surface area contributed by atoms with Gasteiger partial charge in [-0.2, -0.15) is 0 Å². The number of aromatic carboxylic acids is 1. The molecule has 0 aliphatic carbocycles. The molecule has 0 spiro atoms. The van der Waals surface area contributed by atoms with E-state index in [-0.39, 0.29) is 17.1 Å². The van der Waals surface area contributed by atoms with Crippen LogP contribution in [-0.2, 0) is 16.6 Å². The Balaban J connectivity index is 2.16. The monoisotopic (exact) mass is 334 g/mol. The molecule has 1 aromatic carbocycles. The minimum atomic E-state index is -3.80. The molecular formula is C16H18N2O4S. The van der Waals surface area contributed by atoms with E-state index in [1.165, 1.54) is 10.8 Å². The molecule has 7 heteroatoms. The van der Waals surface area contributed by atoms with Crippen LogP contribution in [0.25, 0.3) is 5.57 Å². The van der Waals surface area contributed by atoms with Gasteiger partial charge in [-0.25, -0.2) is 17.9 Å². The number of aromatic nitrogens is 1. The second-order valence-electron chi connectivity index (χ2n) is 4.95. The first-order valence-electron chi connectivity index (χ1n) is 7.01. The van der Waals surface area contributed by atoms with E-state index in [4.69, 9.17) is 5.11 Å². The van der Waals surface area contributed by atoms with E-state index < -0.39 is 16.0 Å². The van der Waals surface area contributed by atoms with Gasteiger partial charge in [0.15, 0.2) is 0 Å². The second kappa shape index (κ2) is 6.80. The van der Waals surface area contributed by atoms with Gasteiger partial charge in [0.1, 0.15) is 10.6 Å². The first kappa shape index (κ1) is 17.0. The number of carbonyl (C=O) groups is 1. The Bertz CT molecular complexity index is 823. The third-order valence-electron chi connectivity index (χ3n) is 3.40. The van der Waals surface area contributed by atoms with Gasteiger partial charge >= 0.3 is 5.97 Å². The van der Waals surface area contributed by atoms with Crippen molar-refractivity contribution in [1.29, 1.82) is 0 Å². The second-order valence-corrected chi connectivity index (χ2v) is 6.71. The normalized spacial score (nSPS) is 11.3. The Morgan fingerprint density at radius 1 is 1.30 bits per heavy atom. The van der Waals surface area contributed by atoms with Gasteiger partial charge in [0.05, 0.1) is 0 Å². The molecular weight excluding hydrogens is 316 g/mol. The van der Waals surface area contributed by atoms with E-state index in [0.29, 0.717) is 12.1 Å². The van der Waals surface area contributed by atoms with Crippen molar-refractivity contribution in [2.75, 3.05) is 6.54 Å². The quantitative estimate of drug-likeness (QED) is 0.812. The van der Waals surface area contributed by atoms with Gasteiger partial charge in [0.2, 0.25) is 10.0 Å². The average Bonchev–Trinajstić information content (AvgIpc) is 2.99. The van der Waals surface area contributed by atoms with E-state index in [1.54, 1.807) is 6.92 Å². The number of hydrogen-bond acceptors (Lipinski definition) is 3. The summed E-state index contributed by atoms with van der Waals surface area (Å²) in [5.41, 5.74) is 1.41. The van der Waals surface area contributed by atoms with Crippen molar-refractivity contribution >= 4 is 21.6 Å². The lowest BCUT2D eigenvalue weighted by molar-refractivity contribution is 0.0685. The van der Waals surface area contributed by atoms with E-state index in [0.717, 1.165) is 11.6 Å². The lowest BCUT2D eigenvalue weighted by Crippen LogP contribution is -2.25. The predicted molar refractivity (Wildman–Crippen MR) is 87.7 cm³/mol. The highest BCUT2D eigenvalue weighted by Crippen LogP contribution is 2.16. The molecule has 0 bridgehead atoms. The van der Waals surface area contributed by atoms with Crippen molar-refractivity contribution < 1.29 is 18.3 Å². The fourth-order valence-electron chi connectivity index (χ4n) is 2.11. The molecule has 2 N–H and O–H groups in total. The summed E-state index contributed by atoms with van der Waals surface area (Å²) in [6.45, 7) is 6.02. The van der Waals surface area contributed by atoms with Crippen molar-refractivity contribution in [2.24, 2.45) is 0 Å². The minimum absolute atomic E-state index is 0.0477. The summed E-state index contributed by atoms with van der Waals surface area (Å²) in [4.78, 5) is 11.1. The third kappa shape index (κ3) is 3.88. The number of aryl methyl sites for hydroxylation is 1. The highest BCUT2D eigenvalue weighted by atomic mass is 32.2. The Morgan fingerprint density at radius 2 is 1.96 bits per heavy atom. The lowest BCUT2D eigenvalue weighted by Gasteiger charge is -2.08. The van der Waals surface area contributed by atoms with Crippen LogP contribution in [0.3, 0.4) is 0 Å². The molecule has 0 saturated carbocycles. The molecule has 0 aliphatic heterocycles. The number of benzene rings is 1. The van der Waals surface area contributed by atoms with Crippen LogP contribution in [0.4, 0.5) is 0 Å². The summed E-state index contributed by atoms with van der Waals surface area (Å²) in [5, 5.41) is 9.09. The predicted octanol–water partition coefficient (Wildman–Crippen LogP) is 2.20. The SMILES string of the molecule is C=C(CNS(=O)(=O)c1cc(C(=O)O)n(CC)c1)c1ccccc1. The van der Waals surface area contributed by atoms with Gasteiger partial charge in [-0.15, -0.1) is 0 Å². The number of hydrogen-bond donors (Lipinski definition) is 2. The summed E-state index contributed by atoms with van der Waals surface area (Å²) in [6, 6.07) is 10.4. The first-order chi connectivity index (χ1) is 10.8. The number of sulfonamides is 1. The maximum atomic E-state index is 12.3. The molecule has 2 rings (SSSR count). The van der Waals surface area contributed by atoms with Crippen molar-refractivity contribution in [3.05, 3.63) is 60.4 Å². The van der Waals surface area contributed by atoms with Crippen LogP contribution in [0.5, 0.6) is 0 Å². The molecule has 122 valence electrons. The maximum Gasteiger partial charge on any atom is 0.352 e. The van der Waals surface area contributed by atoms with E-state index in [9.17, 15) is 13.2 Å². The molecule has 0 aliphatic rings. The Hall–Kier alpha value is -2.38. The molecule has 0 saturated heterocycles. The van der Waals surface area contributed by atoms with Crippen LogP contribution in [0.1, 0.15) is 23.0 Å². The van der Waals surface area contributed by atoms with Gasteiger partial charge in [-0.1, -0.05) is 36.9 Å². The summed E-state index contributed by atoms with van der Waals surface area (Å²) in [6.07, 6.45) is 1.32. The van der Waals surface area contributed by atoms with Gasteiger partial charge in [0, 0.05) is 19.3 Å². The van der Waals surface area contributed by atoms with Gasteiger partial charge in [-0.05, 0) is 24.1 Å². The van der Waals surface area contributed by atoms with Crippen LogP contribution in [-0.4, -0.2) is 30.6 Å². The van der Waals surface area contributed by atoms with Crippen molar-refractivity contribution in [3.63, 3.8) is 0 Å². The number of rotatable bonds is 7. The highest BCUT2D eigenvalue weighted by Gasteiger charge is 2.20. The topological polar surface area (TPSA) is 88.4 Å². The number of nitrogens with zero attached hydrogens (tertiary/aromatic N) is 1.